The second-order valence-electron chi connectivity index (χ2n) is 7.10. The van der Waals surface area contributed by atoms with Crippen molar-refractivity contribution in [2.24, 2.45) is 5.92 Å². The summed E-state index contributed by atoms with van der Waals surface area (Å²) in [6.07, 6.45) is -2.16. The highest BCUT2D eigenvalue weighted by Gasteiger charge is 2.33. The SMILES string of the molecule is O=C(NC1CC2CCN(C2)C1)c1ccc(Oc2cc(C(F)(F)F)cs2)cc1. The summed E-state index contributed by atoms with van der Waals surface area (Å²) in [6.45, 7) is 3.14. The van der Waals surface area contributed by atoms with E-state index in [9.17, 15) is 18.0 Å². The van der Waals surface area contributed by atoms with Crippen LogP contribution < -0.4 is 10.1 Å². The Kier molecular flexibility index (Phi) is 4.86. The highest BCUT2D eigenvalue weighted by molar-refractivity contribution is 7.12. The third kappa shape index (κ3) is 4.27. The lowest BCUT2D eigenvalue weighted by molar-refractivity contribution is -0.137. The van der Waals surface area contributed by atoms with E-state index < -0.39 is 11.7 Å². The quantitative estimate of drug-likeness (QED) is 0.834. The standard InChI is InChI=1S/C19H19F3N2O2S/c20-19(21,22)14-8-17(27-11-14)26-16-3-1-13(2-4-16)18(25)23-15-7-12-5-6-24(9-12)10-15/h1-4,8,11-12,15H,5-7,9-10H2,(H,23,25). The van der Waals surface area contributed by atoms with E-state index in [2.05, 4.69) is 10.2 Å². The molecule has 2 saturated heterocycles. The van der Waals surface area contributed by atoms with Crippen LogP contribution in [0.5, 0.6) is 10.8 Å². The molecule has 2 aliphatic heterocycles. The molecule has 0 saturated carbocycles. The van der Waals surface area contributed by atoms with Crippen molar-refractivity contribution in [3.8, 4) is 10.8 Å². The number of hydrogen-bond acceptors (Lipinski definition) is 4. The van der Waals surface area contributed by atoms with Crippen molar-refractivity contribution < 1.29 is 22.7 Å². The number of thiophene rings is 1. The van der Waals surface area contributed by atoms with Crippen molar-refractivity contribution in [1.82, 2.24) is 10.2 Å². The summed E-state index contributed by atoms with van der Waals surface area (Å²) in [5, 5.41) is 4.26. The van der Waals surface area contributed by atoms with Gasteiger partial charge in [-0.05, 0) is 49.6 Å². The molecule has 4 rings (SSSR count). The van der Waals surface area contributed by atoms with Crippen molar-refractivity contribution >= 4 is 17.2 Å². The van der Waals surface area contributed by atoms with Gasteiger partial charge in [-0.1, -0.05) is 0 Å². The molecule has 1 aromatic carbocycles. The first kappa shape index (κ1) is 18.3. The largest absolute Gasteiger partial charge is 0.447 e. The van der Waals surface area contributed by atoms with Crippen LogP contribution in [0.25, 0.3) is 0 Å². The Bertz CT molecular complexity index is 807. The minimum absolute atomic E-state index is 0.135. The van der Waals surface area contributed by atoms with Gasteiger partial charge in [-0.25, -0.2) is 0 Å². The summed E-state index contributed by atoms with van der Waals surface area (Å²) >= 11 is 0.885. The van der Waals surface area contributed by atoms with Gasteiger partial charge in [0.05, 0.1) is 5.56 Å². The summed E-state index contributed by atoms with van der Waals surface area (Å²) < 4.78 is 43.3. The van der Waals surface area contributed by atoms with Crippen LogP contribution in [0.1, 0.15) is 28.8 Å². The van der Waals surface area contributed by atoms with Crippen LogP contribution in [0, 0.1) is 5.92 Å². The van der Waals surface area contributed by atoms with Crippen molar-refractivity contribution in [3.05, 3.63) is 46.8 Å². The molecule has 3 atom stereocenters. The third-order valence-electron chi connectivity index (χ3n) is 5.04. The van der Waals surface area contributed by atoms with E-state index in [1.165, 1.54) is 6.42 Å². The summed E-state index contributed by atoms with van der Waals surface area (Å²) in [4.78, 5) is 14.8. The highest BCUT2D eigenvalue weighted by atomic mass is 32.1. The average Bonchev–Trinajstić information content (AvgIpc) is 3.22. The molecule has 3 heterocycles. The molecule has 2 aromatic rings. The molecule has 2 bridgehead atoms. The Morgan fingerprint density at radius 2 is 2.00 bits per heavy atom. The molecular weight excluding hydrogens is 377 g/mol. The van der Waals surface area contributed by atoms with Crippen LogP contribution in [-0.4, -0.2) is 36.5 Å². The Morgan fingerprint density at radius 3 is 2.67 bits per heavy atom. The first-order valence-corrected chi connectivity index (χ1v) is 9.71. The van der Waals surface area contributed by atoms with E-state index in [4.69, 9.17) is 4.74 Å². The van der Waals surface area contributed by atoms with Gasteiger partial charge in [0.2, 0.25) is 0 Å². The van der Waals surface area contributed by atoms with Crippen molar-refractivity contribution in [2.75, 3.05) is 19.6 Å². The van der Waals surface area contributed by atoms with Gasteiger partial charge in [0.15, 0.2) is 5.06 Å². The number of carbonyl (C=O) groups excluding carboxylic acids is 1. The lowest BCUT2D eigenvalue weighted by Crippen LogP contribution is -2.46. The van der Waals surface area contributed by atoms with Crippen LogP contribution in [-0.2, 0) is 6.18 Å². The Labute approximate surface area is 158 Å². The fourth-order valence-corrected chi connectivity index (χ4v) is 4.53. The number of halogens is 3. The van der Waals surface area contributed by atoms with Gasteiger partial charge in [-0.2, -0.15) is 13.2 Å². The molecule has 0 spiro atoms. The summed E-state index contributed by atoms with van der Waals surface area (Å²) in [6, 6.07) is 7.58. The van der Waals surface area contributed by atoms with Gasteiger partial charge in [0.25, 0.3) is 5.91 Å². The van der Waals surface area contributed by atoms with E-state index in [1.807, 2.05) is 0 Å². The zero-order chi connectivity index (χ0) is 19.0. The first-order valence-electron chi connectivity index (χ1n) is 8.84. The van der Waals surface area contributed by atoms with Crippen LogP contribution >= 0.6 is 11.3 Å². The fraction of sp³-hybridized carbons (Fsp3) is 0.421. The maximum atomic E-state index is 12.6. The van der Waals surface area contributed by atoms with Gasteiger partial charge in [0.1, 0.15) is 5.75 Å². The van der Waals surface area contributed by atoms with Gasteiger partial charge >= 0.3 is 6.18 Å². The number of carbonyl (C=O) groups is 1. The second-order valence-corrected chi connectivity index (χ2v) is 7.97. The van der Waals surface area contributed by atoms with Crippen LogP contribution in [0.3, 0.4) is 0 Å². The number of alkyl halides is 3. The number of piperidine rings is 1. The maximum absolute atomic E-state index is 12.6. The topological polar surface area (TPSA) is 41.6 Å². The number of nitrogens with one attached hydrogen (secondary N) is 1. The Balaban J connectivity index is 1.35. The van der Waals surface area contributed by atoms with Crippen LogP contribution in [0.4, 0.5) is 13.2 Å². The number of hydrogen-bond donors (Lipinski definition) is 1. The molecule has 2 fully saturated rings. The number of nitrogens with zero attached hydrogens (tertiary/aromatic N) is 1. The molecule has 1 amide bonds. The molecule has 1 aromatic heterocycles. The molecule has 4 nitrogen and oxygen atoms in total. The number of benzene rings is 1. The van der Waals surface area contributed by atoms with Crippen molar-refractivity contribution in [1.29, 1.82) is 0 Å². The molecule has 1 N–H and O–H groups in total. The van der Waals surface area contributed by atoms with Gasteiger partial charge in [-0.3, -0.25) is 4.79 Å². The zero-order valence-electron chi connectivity index (χ0n) is 14.5. The van der Waals surface area contributed by atoms with Crippen molar-refractivity contribution in [2.45, 2.75) is 25.1 Å². The fourth-order valence-electron chi connectivity index (χ4n) is 3.74. The predicted molar refractivity (Wildman–Crippen MR) is 96.3 cm³/mol. The first-order chi connectivity index (χ1) is 12.9. The van der Waals surface area contributed by atoms with E-state index in [1.54, 1.807) is 24.3 Å². The normalized spacial score (nSPS) is 24.6. The smallest absolute Gasteiger partial charge is 0.417 e. The summed E-state index contributed by atoms with van der Waals surface area (Å²) in [7, 11) is 0. The molecule has 144 valence electrons. The Morgan fingerprint density at radius 1 is 1.22 bits per heavy atom. The van der Waals surface area contributed by atoms with E-state index in [0.717, 1.165) is 48.8 Å². The highest BCUT2D eigenvalue weighted by Crippen LogP contribution is 2.37. The molecule has 3 unspecified atom stereocenters. The predicted octanol–water partition coefficient (Wildman–Crippen LogP) is 4.38. The van der Waals surface area contributed by atoms with Gasteiger partial charge in [-0.15, -0.1) is 11.3 Å². The van der Waals surface area contributed by atoms with Crippen molar-refractivity contribution in [3.63, 3.8) is 0 Å². The number of rotatable bonds is 4. The average molecular weight is 396 g/mol. The molecule has 8 heteroatoms. The van der Waals surface area contributed by atoms with Gasteiger partial charge in [0, 0.05) is 36.1 Å². The van der Waals surface area contributed by atoms with Crippen LogP contribution in [0.15, 0.2) is 35.7 Å². The van der Waals surface area contributed by atoms with Crippen LogP contribution in [0.2, 0.25) is 0 Å². The molecule has 2 aliphatic rings. The maximum Gasteiger partial charge on any atom is 0.417 e. The minimum atomic E-state index is -4.38. The lowest BCUT2D eigenvalue weighted by Gasteiger charge is -2.30. The number of fused-ring (bicyclic) bond motifs is 2. The van der Waals surface area contributed by atoms with Gasteiger partial charge < -0.3 is 15.0 Å². The molecule has 0 radical (unpaired) electrons. The second kappa shape index (κ2) is 7.16. The summed E-state index contributed by atoms with van der Waals surface area (Å²) in [5.74, 6) is 0.931. The minimum Gasteiger partial charge on any atom is -0.447 e. The third-order valence-corrected chi connectivity index (χ3v) is 5.84. The molecule has 27 heavy (non-hydrogen) atoms. The monoisotopic (exact) mass is 396 g/mol. The number of amides is 1. The number of ether oxygens (including phenoxy) is 1. The zero-order valence-corrected chi connectivity index (χ0v) is 15.3. The Hall–Kier alpha value is -2.06. The summed E-state index contributed by atoms with van der Waals surface area (Å²) in [5.41, 5.74) is -0.215. The van der Waals surface area contributed by atoms with E-state index >= 15 is 0 Å². The molecule has 0 aliphatic carbocycles. The molecular formula is C19H19F3N2O2S. The van der Waals surface area contributed by atoms with E-state index in [-0.39, 0.29) is 17.0 Å². The lowest BCUT2D eigenvalue weighted by atomic mass is 9.96. The van der Waals surface area contributed by atoms with E-state index in [0.29, 0.717) is 17.2 Å².